The van der Waals surface area contributed by atoms with Gasteiger partial charge in [0, 0.05) is 44.3 Å². The molecule has 1 N–H and O–H groups in total. The molecule has 1 spiro atoms. The average Bonchev–Trinajstić information content (AvgIpc) is 3.30. The maximum absolute atomic E-state index is 15.7. The molecule has 230 valence electrons. The summed E-state index contributed by atoms with van der Waals surface area (Å²) in [6.45, 7) is 5.98. The molecule has 0 bridgehead atoms. The summed E-state index contributed by atoms with van der Waals surface area (Å²) in [7, 11) is 1.30. The molecule has 5 heterocycles. The van der Waals surface area contributed by atoms with Crippen LogP contribution in [0.2, 0.25) is 0 Å². The van der Waals surface area contributed by atoms with Crippen LogP contribution < -0.4 is 5.32 Å². The second-order valence-electron chi connectivity index (χ2n) is 12.5. The Morgan fingerprint density at radius 1 is 1.12 bits per heavy atom. The zero-order valence-electron chi connectivity index (χ0n) is 25.0. The SMILES string of the molecule is COC(=O)C[C@H](CN1CC2(CCN(Cc3ccc4c(n3)NCCC4)CC2(F)F)C1)c1cc(-n2nc(C)cc2C)ccc1F. The van der Waals surface area contributed by atoms with Gasteiger partial charge in [0.1, 0.15) is 11.6 Å². The fourth-order valence-electron chi connectivity index (χ4n) is 6.97. The molecule has 8 nitrogen and oxygen atoms in total. The number of benzene rings is 1. The number of rotatable bonds is 8. The van der Waals surface area contributed by atoms with Crippen LogP contribution in [0.5, 0.6) is 0 Å². The van der Waals surface area contributed by atoms with Gasteiger partial charge in [0.2, 0.25) is 0 Å². The number of nitrogens with one attached hydrogen (secondary N) is 1. The molecule has 1 atom stereocenters. The first-order chi connectivity index (χ1) is 20.6. The lowest BCUT2D eigenvalue weighted by molar-refractivity contribution is -0.226. The minimum Gasteiger partial charge on any atom is -0.469 e. The van der Waals surface area contributed by atoms with E-state index in [-0.39, 0.29) is 32.6 Å². The smallest absolute Gasteiger partial charge is 0.306 e. The van der Waals surface area contributed by atoms with Gasteiger partial charge < -0.3 is 15.0 Å². The predicted octanol–water partition coefficient (Wildman–Crippen LogP) is 4.87. The van der Waals surface area contributed by atoms with Gasteiger partial charge in [-0.2, -0.15) is 5.10 Å². The summed E-state index contributed by atoms with van der Waals surface area (Å²) in [5.74, 6) is -3.48. The Morgan fingerprint density at radius 3 is 2.65 bits per heavy atom. The number of ether oxygens (including phenoxy) is 1. The lowest BCUT2D eigenvalue weighted by Crippen LogP contribution is -2.70. The zero-order chi connectivity index (χ0) is 30.4. The number of aromatic nitrogens is 3. The number of pyridine rings is 1. The van der Waals surface area contributed by atoms with Gasteiger partial charge in [0.05, 0.1) is 42.6 Å². The van der Waals surface area contributed by atoms with Gasteiger partial charge in [0.25, 0.3) is 5.92 Å². The van der Waals surface area contributed by atoms with Crippen molar-refractivity contribution in [1.29, 1.82) is 0 Å². The first-order valence-corrected chi connectivity index (χ1v) is 15.0. The van der Waals surface area contributed by atoms with Crippen molar-refractivity contribution in [3.05, 3.63) is 70.4 Å². The number of alkyl halides is 2. The Bertz CT molecular complexity index is 1500. The molecule has 2 saturated heterocycles. The Hall–Kier alpha value is -3.44. The Morgan fingerprint density at radius 2 is 1.93 bits per heavy atom. The van der Waals surface area contributed by atoms with Crippen molar-refractivity contribution in [2.75, 3.05) is 51.7 Å². The van der Waals surface area contributed by atoms with Crippen molar-refractivity contribution < 1.29 is 22.7 Å². The summed E-state index contributed by atoms with van der Waals surface area (Å²) in [4.78, 5) is 20.8. The van der Waals surface area contributed by atoms with Crippen molar-refractivity contribution in [1.82, 2.24) is 24.6 Å². The molecule has 0 aliphatic carbocycles. The Balaban J connectivity index is 1.13. The number of fused-ring (bicyclic) bond motifs is 1. The number of piperidine rings is 1. The molecule has 2 aromatic heterocycles. The second-order valence-corrected chi connectivity index (χ2v) is 12.5. The molecule has 1 aromatic carbocycles. The highest BCUT2D eigenvalue weighted by molar-refractivity contribution is 5.70. The number of aryl methyl sites for hydroxylation is 3. The average molecular weight is 597 g/mol. The van der Waals surface area contributed by atoms with E-state index < -0.39 is 29.0 Å². The molecule has 11 heteroatoms. The van der Waals surface area contributed by atoms with Crippen molar-refractivity contribution >= 4 is 11.8 Å². The van der Waals surface area contributed by atoms with Gasteiger partial charge >= 0.3 is 5.97 Å². The quantitative estimate of drug-likeness (QED) is 0.372. The standard InChI is InChI=1S/C32H39F3N6O2/c1-21-13-22(2)41(38-21)26-8-9-28(33)27(15-26)24(14-29(42)43-3)16-40-18-31(19-40)10-12-39(20-32(31,34)35)17-25-7-6-23-5-4-11-36-30(23)37-25/h6-9,13,15,24H,4-5,10-12,14,16-20H2,1-3H3,(H,36,37)/t24-/m1/s1. The van der Waals surface area contributed by atoms with Gasteiger partial charge in [0.15, 0.2) is 0 Å². The van der Waals surface area contributed by atoms with E-state index in [0.717, 1.165) is 42.3 Å². The number of likely N-dealkylation sites (tertiary alicyclic amines) is 2. The van der Waals surface area contributed by atoms with Crippen LogP contribution in [0.15, 0.2) is 36.4 Å². The summed E-state index contributed by atoms with van der Waals surface area (Å²) >= 11 is 0. The predicted molar refractivity (Wildman–Crippen MR) is 157 cm³/mol. The van der Waals surface area contributed by atoms with Gasteiger partial charge in [-0.1, -0.05) is 6.07 Å². The van der Waals surface area contributed by atoms with Crippen LogP contribution in [0.3, 0.4) is 0 Å². The van der Waals surface area contributed by atoms with Crippen LogP contribution in [0.25, 0.3) is 5.69 Å². The van der Waals surface area contributed by atoms with Crippen LogP contribution in [0, 0.1) is 25.1 Å². The summed E-state index contributed by atoms with van der Waals surface area (Å²) in [6.07, 6.45) is 2.37. The highest BCUT2D eigenvalue weighted by Gasteiger charge is 2.62. The Kier molecular flexibility index (Phi) is 7.97. The molecule has 2 fully saturated rings. The second kappa shape index (κ2) is 11.6. The van der Waals surface area contributed by atoms with Crippen LogP contribution in [-0.4, -0.2) is 82.8 Å². The van der Waals surface area contributed by atoms with Crippen molar-refractivity contribution in [3.8, 4) is 5.69 Å². The number of carbonyl (C=O) groups excluding carboxylic acids is 1. The maximum atomic E-state index is 15.7. The van der Waals surface area contributed by atoms with E-state index in [1.807, 2.05) is 30.9 Å². The van der Waals surface area contributed by atoms with E-state index in [0.29, 0.717) is 30.8 Å². The third kappa shape index (κ3) is 5.89. The van der Waals surface area contributed by atoms with E-state index in [1.54, 1.807) is 21.7 Å². The van der Waals surface area contributed by atoms with E-state index in [1.165, 1.54) is 18.7 Å². The fraction of sp³-hybridized carbons (Fsp3) is 0.531. The molecule has 0 amide bonds. The van der Waals surface area contributed by atoms with Crippen LogP contribution in [0.1, 0.15) is 53.4 Å². The third-order valence-corrected chi connectivity index (χ3v) is 9.29. The number of hydrogen-bond acceptors (Lipinski definition) is 7. The zero-order valence-corrected chi connectivity index (χ0v) is 25.0. The number of hydrogen-bond donors (Lipinski definition) is 1. The minimum absolute atomic E-state index is 0.0513. The van der Waals surface area contributed by atoms with Gasteiger partial charge in [-0.05, 0) is 81.1 Å². The number of halogens is 3. The molecule has 3 aromatic rings. The summed E-state index contributed by atoms with van der Waals surface area (Å²) in [6, 6.07) is 10.7. The number of nitrogens with zero attached hydrogens (tertiary/aromatic N) is 5. The number of esters is 1. The van der Waals surface area contributed by atoms with Crippen LogP contribution >= 0.6 is 0 Å². The number of carbonyl (C=O) groups is 1. The van der Waals surface area contributed by atoms with Gasteiger partial charge in [-0.15, -0.1) is 0 Å². The van der Waals surface area contributed by atoms with E-state index >= 15 is 13.2 Å². The lowest BCUT2D eigenvalue weighted by Gasteiger charge is -2.58. The lowest BCUT2D eigenvalue weighted by atomic mass is 9.68. The molecule has 0 saturated carbocycles. The highest BCUT2D eigenvalue weighted by atomic mass is 19.3. The fourth-order valence-corrected chi connectivity index (χ4v) is 6.97. The van der Waals surface area contributed by atoms with Crippen molar-refractivity contribution in [2.24, 2.45) is 5.41 Å². The molecular weight excluding hydrogens is 557 g/mol. The van der Waals surface area contributed by atoms with E-state index in [4.69, 9.17) is 4.74 Å². The maximum Gasteiger partial charge on any atom is 0.306 e. The normalized spacial score (nSPS) is 20.2. The van der Waals surface area contributed by atoms with E-state index in [2.05, 4.69) is 21.5 Å². The highest BCUT2D eigenvalue weighted by Crippen LogP contribution is 2.51. The molecule has 43 heavy (non-hydrogen) atoms. The number of anilines is 1. The van der Waals surface area contributed by atoms with Gasteiger partial charge in [-0.25, -0.2) is 22.8 Å². The monoisotopic (exact) mass is 596 g/mol. The molecular formula is C32H39F3N6O2. The van der Waals surface area contributed by atoms with Crippen molar-refractivity contribution in [3.63, 3.8) is 0 Å². The molecule has 3 aliphatic rings. The molecule has 0 radical (unpaired) electrons. The summed E-state index contributed by atoms with van der Waals surface area (Å²) < 4.78 is 53.3. The molecule has 6 rings (SSSR count). The molecule has 3 aliphatic heterocycles. The first-order valence-electron chi connectivity index (χ1n) is 15.0. The summed E-state index contributed by atoms with van der Waals surface area (Å²) in [5.41, 5.74) is 3.61. The third-order valence-electron chi connectivity index (χ3n) is 9.29. The first kappa shape index (κ1) is 29.6. The van der Waals surface area contributed by atoms with Crippen LogP contribution in [-0.2, 0) is 22.5 Å². The minimum atomic E-state index is -2.88. The van der Waals surface area contributed by atoms with Crippen LogP contribution in [0.4, 0.5) is 19.0 Å². The largest absolute Gasteiger partial charge is 0.469 e. The topological polar surface area (TPSA) is 75.5 Å². The molecule has 0 unspecified atom stereocenters. The van der Waals surface area contributed by atoms with Crippen molar-refractivity contribution in [2.45, 2.75) is 57.9 Å². The van der Waals surface area contributed by atoms with E-state index in [9.17, 15) is 4.79 Å². The van der Waals surface area contributed by atoms with Gasteiger partial charge in [-0.3, -0.25) is 9.69 Å². The number of methoxy groups -OCH3 is 1. The Labute approximate surface area is 250 Å². The summed E-state index contributed by atoms with van der Waals surface area (Å²) in [5, 5.41) is 7.81.